The average Bonchev–Trinajstić information content (AvgIpc) is 2.84. The number of fused-ring (bicyclic) bond motifs is 1. The topological polar surface area (TPSA) is 23.6 Å². The number of rotatable bonds is 3. The van der Waals surface area contributed by atoms with E-state index in [4.69, 9.17) is 0 Å². The quantitative estimate of drug-likeness (QED) is 0.778. The van der Waals surface area contributed by atoms with Gasteiger partial charge in [-0.3, -0.25) is 14.6 Å². The molecule has 0 bridgehead atoms. The summed E-state index contributed by atoms with van der Waals surface area (Å²) in [6, 6.07) is 9.69. The van der Waals surface area contributed by atoms with Crippen molar-refractivity contribution in [2.24, 2.45) is 0 Å². The van der Waals surface area contributed by atoms with Crippen LogP contribution in [0.5, 0.6) is 0 Å². The molecule has 2 saturated heterocycles. The summed E-state index contributed by atoms with van der Waals surface area (Å²) in [6.45, 7) is 4.06. The van der Waals surface area contributed by atoms with Crippen molar-refractivity contribution >= 4 is 5.78 Å². The summed E-state index contributed by atoms with van der Waals surface area (Å²) < 4.78 is 0. The first kappa shape index (κ1) is 12.8. The van der Waals surface area contributed by atoms with E-state index in [0.717, 1.165) is 12.1 Å². The molecule has 3 heteroatoms. The van der Waals surface area contributed by atoms with Gasteiger partial charge in [0.15, 0.2) is 5.78 Å². The monoisotopic (exact) mass is 258 g/mol. The predicted octanol–water partition coefficient (Wildman–Crippen LogP) is 2.39. The maximum absolute atomic E-state index is 12.4. The maximum Gasteiger partial charge on any atom is 0.176 e. The van der Waals surface area contributed by atoms with Gasteiger partial charge in [0, 0.05) is 12.1 Å². The number of ketones is 1. The minimum absolute atomic E-state index is 0.259. The molecule has 1 aromatic rings. The lowest BCUT2D eigenvalue weighted by molar-refractivity contribution is 0.0724. The van der Waals surface area contributed by atoms with E-state index in [2.05, 4.69) is 9.80 Å². The Hall–Kier alpha value is -1.19. The average molecular weight is 258 g/mol. The van der Waals surface area contributed by atoms with E-state index in [9.17, 15) is 4.79 Å². The lowest BCUT2D eigenvalue weighted by Gasteiger charge is -2.31. The number of benzene rings is 1. The van der Waals surface area contributed by atoms with Gasteiger partial charge in [-0.2, -0.15) is 0 Å². The van der Waals surface area contributed by atoms with Crippen LogP contribution in [0.15, 0.2) is 30.3 Å². The Bertz CT molecular complexity index is 432. The van der Waals surface area contributed by atoms with Gasteiger partial charge in [0.25, 0.3) is 0 Å². The van der Waals surface area contributed by atoms with Gasteiger partial charge in [-0.05, 0) is 38.8 Å². The van der Waals surface area contributed by atoms with Crippen molar-refractivity contribution in [3.8, 4) is 0 Å². The number of carbonyl (C=O) groups is 1. The van der Waals surface area contributed by atoms with Crippen molar-refractivity contribution in [3.05, 3.63) is 35.9 Å². The molecule has 19 heavy (non-hydrogen) atoms. The molecular weight excluding hydrogens is 236 g/mol. The molecule has 0 spiro atoms. The summed E-state index contributed by atoms with van der Waals surface area (Å²) in [4.78, 5) is 17.3. The molecular formula is C16H22N2O. The Morgan fingerprint density at radius 2 is 1.79 bits per heavy atom. The molecule has 0 radical (unpaired) electrons. The predicted molar refractivity (Wildman–Crippen MR) is 76.2 cm³/mol. The molecule has 0 aliphatic carbocycles. The van der Waals surface area contributed by atoms with Crippen molar-refractivity contribution in [2.45, 2.75) is 31.8 Å². The highest BCUT2D eigenvalue weighted by Crippen LogP contribution is 2.24. The Balaban J connectivity index is 1.69. The van der Waals surface area contributed by atoms with Gasteiger partial charge >= 0.3 is 0 Å². The zero-order chi connectivity index (χ0) is 13.1. The molecule has 0 N–H and O–H groups in total. The fourth-order valence-electron chi connectivity index (χ4n) is 3.35. The Kier molecular flexibility index (Phi) is 3.95. The van der Waals surface area contributed by atoms with Crippen molar-refractivity contribution in [1.82, 2.24) is 9.80 Å². The number of carbonyl (C=O) groups excluding carboxylic acids is 1. The summed E-state index contributed by atoms with van der Waals surface area (Å²) in [7, 11) is 0. The maximum atomic E-state index is 12.4. The lowest BCUT2D eigenvalue weighted by Crippen LogP contribution is -2.45. The van der Waals surface area contributed by atoms with Crippen LogP contribution in [0.2, 0.25) is 0 Å². The van der Waals surface area contributed by atoms with Crippen molar-refractivity contribution in [3.63, 3.8) is 0 Å². The van der Waals surface area contributed by atoms with E-state index >= 15 is 0 Å². The minimum atomic E-state index is 0.259. The van der Waals surface area contributed by atoms with Gasteiger partial charge in [0.05, 0.1) is 12.7 Å². The molecule has 102 valence electrons. The molecule has 2 aliphatic rings. The third-order valence-electron chi connectivity index (χ3n) is 4.33. The van der Waals surface area contributed by atoms with E-state index in [1.54, 1.807) is 0 Å². The van der Waals surface area contributed by atoms with Gasteiger partial charge in [-0.1, -0.05) is 30.3 Å². The molecule has 1 aromatic carbocycles. The van der Waals surface area contributed by atoms with Crippen LogP contribution in [-0.4, -0.2) is 47.9 Å². The zero-order valence-electron chi connectivity index (χ0n) is 11.4. The van der Waals surface area contributed by atoms with Crippen molar-refractivity contribution in [1.29, 1.82) is 0 Å². The second-order valence-corrected chi connectivity index (χ2v) is 5.63. The second-order valence-electron chi connectivity index (χ2n) is 5.63. The summed E-state index contributed by atoms with van der Waals surface area (Å²) >= 11 is 0. The van der Waals surface area contributed by atoms with Crippen LogP contribution in [0.3, 0.4) is 0 Å². The molecule has 2 aliphatic heterocycles. The molecule has 1 atom stereocenters. The highest BCUT2D eigenvalue weighted by atomic mass is 16.1. The minimum Gasteiger partial charge on any atom is -0.293 e. The molecule has 0 aromatic heterocycles. The molecule has 2 fully saturated rings. The third kappa shape index (κ3) is 2.88. The van der Waals surface area contributed by atoms with Crippen LogP contribution in [-0.2, 0) is 0 Å². The third-order valence-corrected chi connectivity index (χ3v) is 4.33. The lowest BCUT2D eigenvalue weighted by atomic mass is 10.1. The summed E-state index contributed by atoms with van der Waals surface area (Å²) in [5, 5.41) is 0. The van der Waals surface area contributed by atoms with Crippen LogP contribution in [0.25, 0.3) is 0 Å². The molecule has 2 heterocycles. The highest BCUT2D eigenvalue weighted by Gasteiger charge is 2.32. The fraction of sp³-hybridized carbons (Fsp3) is 0.562. The largest absolute Gasteiger partial charge is 0.293 e. The van der Waals surface area contributed by atoms with Crippen LogP contribution in [0.1, 0.15) is 36.0 Å². The van der Waals surface area contributed by atoms with E-state index in [-0.39, 0.29) is 5.78 Å². The van der Waals surface area contributed by atoms with E-state index in [0.29, 0.717) is 12.7 Å². The second kappa shape index (κ2) is 5.85. The van der Waals surface area contributed by atoms with Gasteiger partial charge in [-0.25, -0.2) is 0 Å². The fourth-order valence-corrected chi connectivity index (χ4v) is 3.35. The number of hydrogen-bond donors (Lipinski definition) is 0. The first-order chi connectivity index (χ1) is 9.34. The first-order valence-electron chi connectivity index (χ1n) is 7.41. The standard InChI is InChI=1S/C16H22N2O/c19-15(14-7-2-1-3-8-14)13-18-11-5-4-10-17-12-6-9-16(17)18/h1-3,7-8,16H,4-6,9-13H2. The van der Waals surface area contributed by atoms with Crippen LogP contribution in [0.4, 0.5) is 0 Å². The van der Waals surface area contributed by atoms with E-state index in [1.807, 2.05) is 30.3 Å². The Morgan fingerprint density at radius 1 is 1.05 bits per heavy atom. The molecule has 3 rings (SSSR count). The van der Waals surface area contributed by atoms with Gasteiger partial charge in [-0.15, -0.1) is 0 Å². The van der Waals surface area contributed by atoms with Crippen LogP contribution < -0.4 is 0 Å². The number of nitrogens with zero attached hydrogens (tertiary/aromatic N) is 2. The normalized spacial score (nSPS) is 24.9. The van der Waals surface area contributed by atoms with Crippen molar-refractivity contribution in [2.75, 3.05) is 26.2 Å². The van der Waals surface area contributed by atoms with Gasteiger partial charge < -0.3 is 0 Å². The summed E-state index contributed by atoms with van der Waals surface area (Å²) in [6.07, 6.45) is 5.50. The highest BCUT2D eigenvalue weighted by molar-refractivity contribution is 5.97. The van der Waals surface area contributed by atoms with Gasteiger partial charge in [0.2, 0.25) is 0 Å². The first-order valence-corrected chi connectivity index (χ1v) is 7.41. The Labute approximate surface area is 115 Å². The van der Waals surface area contributed by atoms with Gasteiger partial charge in [0.1, 0.15) is 0 Å². The van der Waals surface area contributed by atoms with Crippen LogP contribution in [0, 0.1) is 0 Å². The molecule has 3 nitrogen and oxygen atoms in total. The van der Waals surface area contributed by atoms with Crippen molar-refractivity contribution < 1.29 is 4.79 Å². The van der Waals surface area contributed by atoms with E-state index in [1.165, 1.54) is 38.8 Å². The SMILES string of the molecule is O=C(CN1CCCCN2CCCC21)c1ccccc1. The zero-order valence-corrected chi connectivity index (χ0v) is 11.4. The molecule has 1 unspecified atom stereocenters. The molecule has 0 saturated carbocycles. The number of hydrogen-bond acceptors (Lipinski definition) is 3. The number of Topliss-reactive ketones (excluding diaryl/α,β-unsaturated/α-hetero) is 1. The smallest absolute Gasteiger partial charge is 0.176 e. The summed E-state index contributed by atoms with van der Waals surface area (Å²) in [5.74, 6) is 0.259. The summed E-state index contributed by atoms with van der Waals surface area (Å²) in [5.41, 5.74) is 0.844. The van der Waals surface area contributed by atoms with Crippen LogP contribution >= 0.6 is 0 Å². The Morgan fingerprint density at radius 3 is 2.63 bits per heavy atom. The molecule has 0 amide bonds. The van der Waals surface area contributed by atoms with E-state index < -0.39 is 0 Å².